The maximum absolute atomic E-state index is 12.9. The summed E-state index contributed by atoms with van der Waals surface area (Å²) in [6.45, 7) is 5.83. The van der Waals surface area contributed by atoms with E-state index in [9.17, 15) is 14.4 Å². The Kier molecular flexibility index (Phi) is 6.60. The Balaban J connectivity index is 1.82. The SMILES string of the molecule is CC(C)(C)OC(=O)CCC1C(=O)Nc2ccccc2N1Cc1ccc(C(=O)NO)cc1. The molecule has 164 valence electrons. The summed E-state index contributed by atoms with van der Waals surface area (Å²) in [6, 6.07) is 13.7. The van der Waals surface area contributed by atoms with Gasteiger partial charge in [-0.05, 0) is 57.0 Å². The predicted octanol–water partition coefficient (Wildman–Crippen LogP) is 3.25. The number of amides is 2. The van der Waals surface area contributed by atoms with Gasteiger partial charge in [-0.2, -0.15) is 0 Å². The number of anilines is 2. The van der Waals surface area contributed by atoms with Gasteiger partial charge in [0.2, 0.25) is 5.91 Å². The van der Waals surface area contributed by atoms with Crippen LogP contribution in [0.3, 0.4) is 0 Å². The van der Waals surface area contributed by atoms with Crippen molar-refractivity contribution in [3.8, 4) is 0 Å². The molecule has 31 heavy (non-hydrogen) atoms. The number of rotatable bonds is 6. The van der Waals surface area contributed by atoms with Crippen molar-refractivity contribution in [2.45, 2.75) is 51.8 Å². The Morgan fingerprint density at radius 1 is 1.13 bits per heavy atom. The maximum atomic E-state index is 12.9. The molecule has 0 aromatic heterocycles. The molecule has 0 spiro atoms. The van der Waals surface area contributed by atoms with E-state index in [1.807, 2.05) is 49.9 Å². The van der Waals surface area contributed by atoms with Crippen LogP contribution >= 0.6 is 0 Å². The van der Waals surface area contributed by atoms with E-state index in [0.29, 0.717) is 24.2 Å². The topological polar surface area (TPSA) is 108 Å². The second-order valence-corrected chi connectivity index (χ2v) is 8.41. The molecule has 1 aliphatic heterocycles. The van der Waals surface area contributed by atoms with Crippen molar-refractivity contribution in [1.29, 1.82) is 0 Å². The van der Waals surface area contributed by atoms with Gasteiger partial charge < -0.3 is 15.0 Å². The molecule has 1 unspecified atom stereocenters. The van der Waals surface area contributed by atoms with Gasteiger partial charge in [-0.3, -0.25) is 19.6 Å². The molecule has 0 aliphatic carbocycles. The van der Waals surface area contributed by atoms with E-state index in [2.05, 4.69) is 5.32 Å². The first-order valence-electron chi connectivity index (χ1n) is 10.1. The number of carbonyl (C=O) groups excluding carboxylic acids is 3. The van der Waals surface area contributed by atoms with Crippen molar-refractivity contribution in [2.24, 2.45) is 0 Å². The minimum Gasteiger partial charge on any atom is -0.460 e. The molecule has 1 aliphatic rings. The number of nitrogens with one attached hydrogen (secondary N) is 2. The van der Waals surface area contributed by atoms with Crippen LogP contribution in [0.2, 0.25) is 0 Å². The van der Waals surface area contributed by atoms with Crippen molar-refractivity contribution in [3.05, 3.63) is 59.7 Å². The van der Waals surface area contributed by atoms with Crippen LogP contribution in [0, 0.1) is 0 Å². The van der Waals surface area contributed by atoms with Crippen LogP contribution in [0.25, 0.3) is 0 Å². The minimum absolute atomic E-state index is 0.115. The number of hydrogen-bond donors (Lipinski definition) is 3. The van der Waals surface area contributed by atoms with Gasteiger partial charge in [0.25, 0.3) is 5.91 Å². The Bertz CT molecular complexity index is 966. The zero-order chi connectivity index (χ0) is 22.6. The van der Waals surface area contributed by atoms with Gasteiger partial charge in [0.05, 0.1) is 11.4 Å². The molecular formula is C23H27N3O5. The highest BCUT2D eigenvalue weighted by Gasteiger charge is 2.33. The molecule has 0 fully saturated rings. The number of benzene rings is 2. The number of ether oxygens (including phenoxy) is 1. The number of esters is 1. The Morgan fingerprint density at radius 3 is 2.45 bits per heavy atom. The normalized spacial score (nSPS) is 15.7. The third-order valence-electron chi connectivity index (χ3n) is 4.86. The molecule has 2 aromatic carbocycles. The van der Waals surface area contributed by atoms with Crippen molar-refractivity contribution >= 4 is 29.2 Å². The number of carbonyl (C=O) groups is 3. The Hall–Kier alpha value is -3.39. The second-order valence-electron chi connectivity index (χ2n) is 8.41. The van der Waals surface area contributed by atoms with Crippen LogP contribution in [-0.2, 0) is 20.9 Å². The van der Waals surface area contributed by atoms with Crippen LogP contribution in [-0.4, -0.2) is 34.6 Å². The summed E-state index contributed by atoms with van der Waals surface area (Å²) in [5.74, 6) is -1.12. The van der Waals surface area contributed by atoms with E-state index in [1.165, 1.54) is 0 Å². The average Bonchev–Trinajstić information content (AvgIpc) is 2.72. The summed E-state index contributed by atoms with van der Waals surface area (Å²) in [5, 5.41) is 11.7. The Morgan fingerprint density at radius 2 is 1.81 bits per heavy atom. The number of nitrogens with zero attached hydrogens (tertiary/aromatic N) is 1. The van der Waals surface area contributed by atoms with Gasteiger partial charge in [-0.1, -0.05) is 24.3 Å². The molecule has 2 amide bonds. The Labute approximate surface area is 181 Å². The maximum Gasteiger partial charge on any atom is 0.306 e. The third kappa shape index (κ3) is 5.61. The molecule has 0 saturated carbocycles. The molecule has 8 heteroatoms. The summed E-state index contributed by atoms with van der Waals surface area (Å²) in [6.07, 6.45) is 0.420. The van der Waals surface area contributed by atoms with Crippen LogP contribution < -0.4 is 15.7 Å². The van der Waals surface area contributed by atoms with Crippen LogP contribution in [0.5, 0.6) is 0 Å². The molecule has 0 radical (unpaired) electrons. The largest absolute Gasteiger partial charge is 0.460 e. The predicted molar refractivity (Wildman–Crippen MR) is 116 cm³/mol. The van der Waals surface area contributed by atoms with E-state index in [0.717, 1.165) is 11.3 Å². The third-order valence-corrected chi connectivity index (χ3v) is 4.86. The molecular weight excluding hydrogens is 398 g/mol. The molecule has 1 heterocycles. The fourth-order valence-electron chi connectivity index (χ4n) is 3.51. The fraction of sp³-hybridized carbons (Fsp3) is 0.348. The summed E-state index contributed by atoms with van der Waals surface area (Å²) < 4.78 is 5.39. The molecule has 0 bridgehead atoms. The molecule has 3 N–H and O–H groups in total. The van der Waals surface area contributed by atoms with E-state index >= 15 is 0 Å². The van der Waals surface area contributed by atoms with Crippen LogP contribution in [0.1, 0.15) is 49.5 Å². The lowest BCUT2D eigenvalue weighted by atomic mass is 10.0. The van der Waals surface area contributed by atoms with E-state index in [1.54, 1.807) is 29.7 Å². The molecule has 2 aromatic rings. The van der Waals surface area contributed by atoms with E-state index in [-0.39, 0.29) is 18.3 Å². The quantitative estimate of drug-likeness (QED) is 0.373. The zero-order valence-electron chi connectivity index (χ0n) is 17.8. The van der Waals surface area contributed by atoms with E-state index < -0.39 is 17.6 Å². The van der Waals surface area contributed by atoms with Crippen LogP contribution in [0.4, 0.5) is 11.4 Å². The first-order valence-corrected chi connectivity index (χ1v) is 10.1. The van der Waals surface area contributed by atoms with Crippen molar-refractivity contribution in [1.82, 2.24) is 5.48 Å². The molecule has 0 saturated heterocycles. The van der Waals surface area contributed by atoms with Gasteiger partial charge >= 0.3 is 5.97 Å². The lowest BCUT2D eigenvalue weighted by molar-refractivity contribution is -0.155. The zero-order valence-corrected chi connectivity index (χ0v) is 17.8. The van der Waals surface area contributed by atoms with Crippen LogP contribution in [0.15, 0.2) is 48.5 Å². The fourth-order valence-corrected chi connectivity index (χ4v) is 3.51. The number of fused-ring (bicyclic) bond motifs is 1. The lowest BCUT2D eigenvalue weighted by Gasteiger charge is -2.38. The number of hydrogen-bond acceptors (Lipinski definition) is 6. The minimum atomic E-state index is -0.593. The molecule has 1 atom stereocenters. The number of hydroxylamine groups is 1. The van der Waals surface area contributed by atoms with Gasteiger partial charge in [-0.15, -0.1) is 0 Å². The highest BCUT2D eigenvalue weighted by molar-refractivity contribution is 6.03. The second kappa shape index (κ2) is 9.18. The molecule has 8 nitrogen and oxygen atoms in total. The van der Waals surface area contributed by atoms with Crippen molar-refractivity contribution < 1.29 is 24.3 Å². The molecule has 3 rings (SSSR count). The smallest absolute Gasteiger partial charge is 0.306 e. The number of para-hydroxylation sites is 2. The first-order chi connectivity index (χ1) is 14.7. The van der Waals surface area contributed by atoms with Gasteiger partial charge in [0.15, 0.2) is 0 Å². The highest BCUT2D eigenvalue weighted by Crippen LogP contribution is 2.34. The van der Waals surface area contributed by atoms with E-state index in [4.69, 9.17) is 9.94 Å². The first kappa shape index (κ1) is 22.3. The standard InChI is InChI=1S/C23H27N3O5/c1-23(2,3)31-20(27)13-12-19-22(29)24-17-6-4-5-7-18(17)26(19)14-15-8-10-16(11-9-15)21(28)25-30/h4-11,19,30H,12-14H2,1-3H3,(H,24,29)(H,25,28). The average molecular weight is 425 g/mol. The monoisotopic (exact) mass is 425 g/mol. The van der Waals surface area contributed by atoms with Crippen molar-refractivity contribution in [3.63, 3.8) is 0 Å². The lowest BCUT2D eigenvalue weighted by Crippen LogP contribution is -2.48. The highest BCUT2D eigenvalue weighted by atomic mass is 16.6. The van der Waals surface area contributed by atoms with Crippen molar-refractivity contribution in [2.75, 3.05) is 10.2 Å². The summed E-state index contributed by atoms with van der Waals surface area (Å²) in [5.41, 5.74) is 3.78. The summed E-state index contributed by atoms with van der Waals surface area (Å²) >= 11 is 0. The van der Waals surface area contributed by atoms with Gasteiger partial charge in [0.1, 0.15) is 11.6 Å². The summed E-state index contributed by atoms with van der Waals surface area (Å²) in [4.78, 5) is 38.6. The van der Waals surface area contributed by atoms with Gasteiger partial charge in [0, 0.05) is 18.5 Å². The summed E-state index contributed by atoms with van der Waals surface area (Å²) in [7, 11) is 0. The van der Waals surface area contributed by atoms with Gasteiger partial charge in [-0.25, -0.2) is 5.48 Å².